The third-order valence-electron chi connectivity index (χ3n) is 2.77. The second-order valence-electron chi connectivity index (χ2n) is 5.07. The van der Waals surface area contributed by atoms with Crippen molar-refractivity contribution in [2.75, 3.05) is 14.2 Å². The van der Waals surface area contributed by atoms with Gasteiger partial charge < -0.3 is 15.2 Å². The predicted molar refractivity (Wildman–Crippen MR) is 73.6 cm³/mol. The largest absolute Gasteiger partial charge is 0.496 e. The van der Waals surface area contributed by atoms with E-state index in [-0.39, 0.29) is 11.5 Å². The molecule has 0 amide bonds. The van der Waals surface area contributed by atoms with Gasteiger partial charge in [-0.1, -0.05) is 20.8 Å². The lowest BCUT2D eigenvalue weighted by Gasteiger charge is -2.29. The minimum Gasteiger partial charge on any atom is -0.496 e. The molecule has 0 aliphatic heterocycles. The Hall–Kier alpha value is -0.740. The summed E-state index contributed by atoms with van der Waals surface area (Å²) in [4.78, 5) is 0. The lowest BCUT2D eigenvalue weighted by Crippen LogP contribution is -2.26. The zero-order chi connectivity index (χ0) is 13.2. The van der Waals surface area contributed by atoms with Crippen molar-refractivity contribution in [3.63, 3.8) is 0 Å². The highest BCUT2D eigenvalue weighted by Gasteiger charge is 2.26. The van der Waals surface area contributed by atoms with Gasteiger partial charge in [-0.2, -0.15) is 0 Å². The summed E-state index contributed by atoms with van der Waals surface area (Å²) in [7, 11) is 3.28. The molecule has 17 heavy (non-hydrogen) atoms. The molecule has 1 aromatic rings. The van der Waals surface area contributed by atoms with E-state index in [2.05, 4.69) is 36.7 Å². The van der Waals surface area contributed by atoms with Gasteiger partial charge in [0.15, 0.2) is 0 Å². The van der Waals surface area contributed by atoms with Crippen LogP contribution < -0.4 is 15.2 Å². The van der Waals surface area contributed by atoms with Crippen LogP contribution in [0.25, 0.3) is 0 Å². The number of ether oxygens (including phenoxy) is 2. The highest BCUT2D eigenvalue weighted by molar-refractivity contribution is 9.10. The summed E-state index contributed by atoms with van der Waals surface area (Å²) in [5, 5.41) is 0. The molecule has 0 heterocycles. The molecule has 0 saturated heterocycles. The molecular weight excluding hydrogens is 282 g/mol. The number of methoxy groups -OCH3 is 2. The minimum atomic E-state index is -0.112. The Morgan fingerprint density at radius 1 is 1.12 bits per heavy atom. The van der Waals surface area contributed by atoms with E-state index >= 15 is 0 Å². The molecule has 1 aromatic carbocycles. The van der Waals surface area contributed by atoms with E-state index < -0.39 is 0 Å². The van der Waals surface area contributed by atoms with E-state index in [9.17, 15) is 0 Å². The van der Waals surface area contributed by atoms with Crippen LogP contribution in [0.15, 0.2) is 16.6 Å². The monoisotopic (exact) mass is 301 g/mol. The van der Waals surface area contributed by atoms with Crippen molar-refractivity contribution in [3.05, 3.63) is 22.2 Å². The van der Waals surface area contributed by atoms with E-state index in [0.29, 0.717) is 0 Å². The summed E-state index contributed by atoms with van der Waals surface area (Å²) in [5.41, 5.74) is 7.19. The first-order valence-electron chi connectivity index (χ1n) is 5.48. The molecule has 0 bridgehead atoms. The molecule has 1 rings (SSSR count). The standard InChI is InChI=1S/C13H20BrNO2/c1-13(2,3)12(15)8-6-11(17-5)9(14)7-10(8)16-4/h6-7,12H,15H2,1-5H3/t12-/m1/s1. The summed E-state index contributed by atoms with van der Waals surface area (Å²) >= 11 is 3.44. The van der Waals surface area contributed by atoms with E-state index in [0.717, 1.165) is 21.5 Å². The van der Waals surface area contributed by atoms with Gasteiger partial charge in [0.1, 0.15) is 11.5 Å². The second-order valence-corrected chi connectivity index (χ2v) is 5.93. The third-order valence-corrected chi connectivity index (χ3v) is 3.39. The van der Waals surface area contributed by atoms with Gasteiger partial charge in [-0.15, -0.1) is 0 Å². The molecule has 0 radical (unpaired) electrons. The van der Waals surface area contributed by atoms with Crippen molar-refractivity contribution < 1.29 is 9.47 Å². The molecule has 3 nitrogen and oxygen atoms in total. The average Bonchev–Trinajstić information content (AvgIpc) is 2.26. The van der Waals surface area contributed by atoms with Crippen LogP contribution in [0.3, 0.4) is 0 Å². The van der Waals surface area contributed by atoms with E-state index in [1.807, 2.05) is 12.1 Å². The Morgan fingerprint density at radius 3 is 2.06 bits per heavy atom. The quantitative estimate of drug-likeness (QED) is 0.929. The summed E-state index contributed by atoms with van der Waals surface area (Å²) in [6.07, 6.45) is 0. The fraction of sp³-hybridized carbons (Fsp3) is 0.538. The summed E-state index contributed by atoms with van der Waals surface area (Å²) in [6.45, 7) is 6.31. The number of hydrogen-bond donors (Lipinski definition) is 1. The zero-order valence-electron chi connectivity index (χ0n) is 11.0. The average molecular weight is 302 g/mol. The summed E-state index contributed by atoms with van der Waals surface area (Å²) in [5.74, 6) is 1.54. The van der Waals surface area contributed by atoms with Crippen LogP contribution in [0.4, 0.5) is 0 Å². The number of rotatable bonds is 3. The Morgan fingerprint density at radius 2 is 1.65 bits per heavy atom. The molecule has 4 heteroatoms. The maximum absolute atomic E-state index is 6.27. The molecule has 0 aliphatic carbocycles. The number of nitrogens with two attached hydrogens (primary N) is 1. The molecule has 0 fully saturated rings. The number of benzene rings is 1. The van der Waals surface area contributed by atoms with Gasteiger partial charge >= 0.3 is 0 Å². The first-order chi connectivity index (χ1) is 7.81. The predicted octanol–water partition coefficient (Wildman–Crippen LogP) is 3.51. The van der Waals surface area contributed by atoms with Crippen LogP contribution in [0.2, 0.25) is 0 Å². The van der Waals surface area contributed by atoms with Crippen molar-refractivity contribution >= 4 is 15.9 Å². The molecule has 0 aromatic heterocycles. The van der Waals surface area contributed by atoms with Gasteiger partial charge in [0, 0.05) is 11.6 Å². The lowest BCUT2D eigenvalue weighted by atomic mass is 9.82. The van der Waals surface area contributed by atoms with E-state index in [1.165, 1.54) is 0 Å². The Balaban J connectivity index is 3.30. The fourth-order valence-corrected chi connectivity index (χ4v) is 2.08. The molecule has 0 unspecified atom stereocenters. The van der Waals surface area contributed by atoms with Gasteiger partial charge in [0.25, 0.3) is 0 Å². The highest BCUT2D eigenvalue weighted by Crippen LogP contribution is 2.40. The molecule has 2 N–H and O–H groups in total. The highest BCUT2D eigenvalue weighted by atomic mass is 79.9. The van der Waals surface area contributed by atoms with Crippen LogP contribution in [0, 0.1) is 5.41 Å². The molecule has 0 saturated carbocycles. The van der Waals surface area contributed by atoms with Crippen LogP contribution in [0.1, 0.15) is 32.4 Å². The van der Waals surface area contributed by atoms with Crippen molar-refractivity contribution in [1.29, 1.82) is 0 Å². The third kappa shape index (κ3) is 3.13. The van der Waals surface area contributed by atoms with Crippen LogP contribution >= 0.6 is 15.9 Å². The zero-order valence-corrected chi connectivity index (χ0v) is 12.6. The molecule has 1 atom stereocenters. The summed E-state index contributed by atoms with van der Waals surface area (Å²) < 4.78 is 11.5. The Bertz CT molecular complexity index is 399. The Kier molecular flexibility index (Phi) is 4.44. The van der Waals surface area contributed by atoms with Gasteiger partial charge in [-0.05, 0) is 33.5 Å². The lowest BCUT2D eigenvalue weighted by molar-refractivity contribution is 0.312. The SMILES string of the molecule is COc1cc([C@@H](N)C(C)(C)C)c(OC)cc1Br. The van der Waals surface area contributed by atoms with Crippen LogP contribution in [-0.4, -0.2) is 14.2 Å². The smallest absolute Gasteiger partial charge is 0.133 e. The maximum Gasteiger partial charge on any atom is 0.133 e. The second kappa shape index (κ2) is 5.27. The first kappa shape index (κ1) is 14.3. The van der Waals surface area contributed by atoms with Crippen LogP contribution in [-0.2, 0) is 0 Å². The molecule has 96 valence electrons. The normalized spacial score (nSPS) is 13.4. The fourth-order valence-electron chi connectivity index (χ4n) is 1.59. The van der Waals surface area contributed by atoms with Gasteiger partial charge in [-0.25, -0.2) is 0 Å². The molecule has 0 spiro atoms. The van der Waals surface area contributed by atoms with Gasteiger partial charge in [0.2, 0.25) is 0 Å². The van der Waals surface area contributed by atoms with Gasteiger partial charge in [-0.3, -0.25) is 0 Å². The van der Waals surface area contributed by atoms with E-state index in [1.54, 1.807) is 14.2 Å². The van der Waals surface area contributed by atoms with Crippen molar-refractivity contribution in [2.45, 2.75) is 26.8 Å². The molecule has 0 aliphatic rings. The molecular formula is C13H20BrNO2. The number of hydrogen-bond acceptors (Lipinski definition) is 3. The Labute approximate surface area is 111 Å². The topological polar surface area (TPSA) is 44.5 Å². The summed E-state index contributed by atoms with van der Waals surface area (Å²) in [6, 6.07) is 3.71. The van der Waals surface area contributed by atoms with Crippen LogP contribution in [0.5, 0.6) is 11.5 Å². The van der Waals surface area contributed by atoms with Crippen molar-refractivity contribution in [1.82, 2.24) is 0 Å². The van der Waals surface area contributed by atoms with Crippen molar-refractivity contribution in [3.8, 4) is 11.5 Å². The first-order valence-corrected chi connectivity index (χ1v) is 6.27. The van der Waals surface area contributed by atoms with Crippen molar-refractivity contribution in [2.24, 2.45) is 11.1 Å². The number of halogens is 1. The maximum atomic E-state index is 6.27. The minimum absolute atomic E-state index is 0.0356. The van der Waals surface area contributed by atoms with Gasteiger partial charge in [0.05, 0.1) is 18.7 Å². The van der Waals surface area contributed by atoms with E-state index in [4.69, 9.17) is 15.2 Å².